The van der Waals surface area contributed by atoms with Gasteiger partial charge in [-0.1, -0.05) is 13.0 Å². The van der Waals surface area contributed by atoms with E-state index >= 15 is 0 Å². The Balaban J connectivity index is 2.18. The Morgan fingerprint density at radius 3 is 2.81 bits per heavy atom. The molecule has 0 unspecified atom stereocenters. The Labute approximate surface area is 125 Å². The molecule has 1 aromatic carbocycles. The highest BCUT2D eigenvalue weighted by Gasteiger charge is 2.10. The summed E-state index contributed by atoms with van der Waals surface area (Å²) < 4.78 is 24.9. The SMILES string of the molecule is CCCn1ccnc1CNc1cc(S(N)(=O)=O)ccc1C. The highest BCUT2D eigenvalue weighted by molar-refractivity contribution is 7.89. The maximum absolute atomic E-state index is 11.4. The fraction of sp³-hybridized carbons (Fsp3) is 0.357. The number of aromatic nitrogens is 2. The second-order valence-corrected chi connectivity index (χ2v) is 6.47. The van der Waals surface area contributed by atoms with Gasteiger partial charge in [0.05, 0.1) is 11.4 Å². The van der Waals surface area contributed by atoms with Crippen LogP contribution in [0.25, 0.3) is 0 Å². The smallest absolute Gasteiger partial charge is 0.238 e. The lowest BCUT2D eigenvalue weighted by molar-refractivity contribution is 0.598. The highest BCUT2D eigenvalue weighted by Crippen LogP contribution is 2.20. The van der Waals surface area contributed by atoms with Crippen molar-refractivity contribution in [1.82, 2.24) is 9.55 Å². The van der Waals surface area contributed by atoms with E-state index in [0.717, 1.165) is 30.0 Å². The number of primary sulfonamides is 1. The average Bonchev–Trinajstić information content (AvgIpc) is 2.84. The molecule has 0 radical (unpaired) electrons. The zero-order chi connectivity index (χ0) is 15.5. The molecule has 2 aromatic rings. The van der Waals surface area contributed by atoms with Crippen LogP contribution in [0.15, 0.2) is 35.5 Å². The normalized spacial score (nSPS) is 11.6. The first-order valence-electron chi connectivity index (χ1n) is 6.79. The molecular formula is C14H20N4O2S. The third kappa shape index (κ3) is 3.83. The summed E-state index contributed by atoms with van der Waals surface area (Å²) in [5.41, 5.74) is 1.70. The van der Waals surface area contributed by atoms with Crippen molar-refractivity contribution < 1.29 is 8.42 Å². The van der Waals surface area contributed by atoms with Crippen LogP contribution in [0, 0.1) is 6.92 Å². The van der Waals surface area contributed by atoms with Crippen molar-refractivity contribution in [2.45, 2.75) is 38.3 Å². The third-order valence-corrected chi connectivity index (χ3v) is 4.15. The Hall–Kier alpha value is -1.86. The molecule has 0 spiro atoms. The van der Waals surface area contributed by atoms with E-state index in [9.17, 15) is 8.42 Å². The van der Waals surface area contributed by atoms with Crippen molar-refractivity contribution >= 4 is 15.7 Å². The maximum Gasteiger partial charge on any atom is 0.238 e. The molecule has 0 atom stereocenters. The van der Waals surface area contributed by atoms with Crippen molar-refractivity contribution in [2.24, 2.45) is 5.14 Å². The number of nitrogens with one attached hydrogen (secondary N) is 1. The van der Waals surface area contributed by atoms with Crippen LogP contribution in [0.5, 0.6) is 0 Å². The predicted octanol–water partition coefficient (Wildman–Crippen LogP) is 1.86. The number of imidazole rings is 1. The van der Waals surface area contributed by atoms with Crippen LogP contribution >= 0.6 is 0 Å². The van der Waals surface area contributed by atoms with Gasteiger partial charge in [0.15, 0.2) is 0 Å². The Kier molecular flexibility index (Phi) is 4.64. The van der Waals surface area contributed by atoms with Gasteiger partial charge in [-0.3, -0.25) is 0 Å². The standard InChI is InChI=1S/C14H20N4O2S/c1-3-7-18-8-6-16-14(18)10-17-13-9-12(21(15,19)20)5-4-11(13)2/h4-6,8-9,17H,3,7,10H2,1-2H3,(H2,15,19,20). The molecule has 1 heterocycles. The van der Waals surface area contributed by atoms with Crippen LogP contribution < -0.4 is 10.5 Å². The number of sulfonamides is 1. The van der Waals surface area contributed by atoms with Crippen molar-refractivity contribution in [3.63, 3.8) is 0 Å². The van der Waals surface area contributed by atoms with Crippen LogP contribution in [-0.4, -0.2) is 18.0 Å². The van der Waals surface area contributed by atoms with Crippen LogP contribution in [0.4, 0.5) is 5.69 Å². The van der Waals surface area contributed by atoms with Gasteiger partial charge in [0.25, 0.3) is 0 Å². The second-order valence-electron chi connectivity index (χ2n) is 4.91. The summed E-state index contributed by atoms with van der Waals surface area (Å²) in [5, 5.41) is 8.38. The quantitative estimate of drug-likeness (QED) is 0.852. The van der Waals surface area contributed by atoms with Crippen molar-refractivity contribution in [3.05, 3.63) is 42.0 Å². The molecule has 3 N–H and O–H groups in total. The van der Waals surface area contributed by atoms with Gasteiger partial charge in [-0.05, 0) is 31.0 Å². The first kappa shape index (κ1) is 15.5. The first-order chi connectivity index (χ1) is 9.91. The van der Waals surface area contributed by atoms with Gasteiger partial charge < -0.3 is 9.88 Å². The van der Waals surface area contributed by atoms with Gasteiger partial charge in [-0.25, -0.2) is 18.5 Å². The van der Waals surface area contributed by atoms with Gasteiger partial charge >= 0.3 is 0 Å². The molecule has 114 valence electrons. The lowest BCUT2D eigenvalue weighted by atomic mass is 10.2. The number of nitrogens with two attached hydrogens (primary N) is 1. The lowest BCUT2D eigenvalue weighted by Gasteiger charge is -2.12. The zero-order valence-corrected chi connectivity index (χ0v) is 13.0. The molecule has 0 saturated heterocycles. The molecule has 0 aliphatic carbocycles. The van der Waals surface area contributed by atoms with E-state index in [4.69, 9.17) is 5.14 Å². The fourth-order valence-corrected chi connectivity index (χ4v) is 2.63. The minimum atomic E-state index is -3.69. The number of hydrogen-bond donors (Lipinski definition) is 2. The minimum Gasteiger partial charge on any atom is -0.378 e. The monoisotopic (exact) mass is 308 g/mol. The van der Waals surface area contributed by atoms with E-state index in [-0.39, 0.29) is 4.90 Å². The minimum absolute atomic E-state index is 0.104. The first-order valence-corrected chi connectivity index (χ1v) is 8.33. The van der Waals surface area contributed by atoms with Gasteiger partial charge in [-0.15, -0.1) is 0 Å². The average molecular weight is 308 g/mol. The van der Waals surface area contributed by atoms with E-state index < -0.39 is 10.0 Å². The van der Waals surface area contributed by atoms with Gasteiger partial charge in [0.1, 0.15) is 5.82 Å². The summed E-state index contributed by atoms with van der Waals surface area (Å²) in [5.74, 6) is 0.914. The van der Waals surface area contributed by atoms with E-state index in [1.807, 2.05) is 13.1 Å². The van der Waals surface area contributed by atoms with Crippen LogP contribution in [0.1, 0.15) is 24.7 Å². The van der Waals surface area contributed by atoms with Crippen molar-refractivity contribution in [2.75, 3.05) is 5.32 Å². The largest absolute Gasteiger partial charge is 0.378 e. The van der Waals surface area contributed by atoms with E-state index in [0.29, 0.717) is 6.54 Å². The van der Waals surface area contributed by atoms with E-state index in [2.05, 4.69) is 21.8 Å². The molecule has 0 bridgehead atoms. The molecule has 0 aliphatic rings. The topological polar surface area (TPSA) is 90.0 Å². The maximum atomic E-state index is 11.4. The highest BCUT2D eigenvalue weighted by atomic mass is 32.2. The summed E-state index contributed by atoms with van der Waals surface area (Å²) >= 11 is 0. The molecule has 0 fully saturated rings. The number of hydrogen-bond acceptors (Lipinski definition) is 4. The Bertz CT molecular complexity index is 722. The number of anilines is 1. The van der Waals surface area contributed by atoms with Crippen molar-refractivity contribution in [3.8, 4) is 0 Å². The summed E-state index contributed by atoms with van der Waals surface area (Å²) in [6, 6.07) is 4.80. The molecule has 6 nitrogen and oxygen atoms in total. The molecule has 21 heavy (non-hydrogen) atoms. The van der Waals surface area contributed by atoms with Gasteiger partial charge in [0, 0.05) is 24.6 Å². The summed E-state index contributed by atoms with van der Waals surface area (Å²) in [4.78, 5) is 4.41. The van der Waals surface area contributed by atoms with Gasteiger partial charge in [0.2, 0.25) is 10.0 Å². The van der Waals surface area contributed by atoms with Crippen LogP contribution in [0.2, 0.25) is 0 Å². The van der Waals surface area contributed by atoms with E-state index in [1.54, 1.807) is 18.3 Å². The lowest BCUT2D eigenvalue weighted by Crippen LogP contribution is -2.13. The van der Waals surface area contributed by atoms with Crippen LogP contribution in [0.3, 0.4) is 0 Å². The molecule has 0 aliphatic heterocycles. The number of benzene rings is 1. The second kappa shape index (κ2) is 6.28. The molecule has 2 rings (SSSR count). The van der Waals surface area contributed by atoms with Crippen LogP contribution in [-0.2, 0) is 23.1 Å². The molecule has 0 saturated carbocycles. The number of aryl methyl sites for hydroxylation is 2. The molecule has 0 amide bonds. The summed E-state index contributed by atoms with van der Waals surface area (Å²) in [6.07, 6.45) is 4.73. The summed E-state index contributed by atoms with van der Waals surface area (Å²) in [6.45, 7) is 5.46. The zero-order valence-electron chi connectivity index (χ0n) is 12.2. The number of rotatable bonds is 6. The van der Waals surface area contributed by atoms with E-state index in [1.165, 1.54) is 6.07 Å². The molecule has 1 aromatic heterocycles. The van der Waals surface area contributed by atoms with Crippen molar-refractivity contribution in [1.29, 1.82) is 0 Å². The third-order valence-electron chi connectivity index (χ3n) is 3.24. The molecule has 7 heteroatoms. The Morgan fingerprint density at radius 1 is 1.38 bits per heavy atom. The number of nitrogens with zero attached hydrogens (tertiary/aromatic N) is 2. The fourth-order valence-electron chi connectivity index (χ4n) is 2.09. The Morgan fingerprint density at radius 2 is 2.14 bits per heavy atom. The predicted molar refractivity (Wildman–Crippen MR) is 82.4 cm³/mol. The van der Waals surface area contributed by atoms with Gasteiger partial charge in [-0.2, -0.15) is 0 Å². The summed E-state index contributed by atoms with van der Waals surface area (Å²) in [7, 11) is -3.69. The molecular weight excluding hydrogens is 288 g/mol.